The molecule has 2 aromatic rings. The molecular weight excluding hydrogens is 222 g/mol. The van der Waals surface area contributed by atoms with Crippen LogP contribution in [0.2, 0.25) is 0 Å². The molecule has 2 N–H and O–H groups in total. The molecule has 0 unspecified atom stereocenters. The largest absolute Gasteiger partial charge is 0.383 e. The summed E-state index contributed by atoms with van der Waals surface area (Å²) in [7, 11) is 0. The van der Waals surface area contributed by atoms with E-state index in [-0.39, 0.29) is 0 Å². The smallest absolute Gasteiger partial charge is 0.138 e. The van der Waals surface area contributed by atoms with Gasteiger partial charge in [-0.2, -0.15) is 0 Å². The summed E-state index contributed by atoms with van der Waals surface area (Å²) in [4.78, 5) is 4.78. The van der Waals surface area contributed by atoms with E-state index in [4.69, 9.17) is 10.7 Å². The van der Waals surface area contributed by atoms with Crippen LogP contribution in [0.4, 0.5) is 5.82 Å². The van der Waals surface area contributed by atoms with Gasteiger partial charge in [-0.1, -0.05) is 25.7 Å². The van der Waals surface area contributed by atoms with Gasteiger partial charge in [-0.25, -0.2) is 4.98 Å². The maximum Gasteiger partial charge on any atom is 0.138 e. The number of fused-ring (bicyclic) bond motifs is 1. The fourth-order valence-electron chi connectivity index (χ4n) is 3.04. The summed E-state index contributed by atoms with van der Waals surface area (Å²) >= 11 is 0. The van der Waals surface area contributed by atoms with E-state index in [9.17, 15) is 0 Å². The lowest BCUT2D eigenvalue weighted by atomic mass is 9.97. The molecule has 3 heteroatoms. The van der Waals surface area contributed by atoms with Crippen LogP contribution in [0.3, 0.4) is 0 Å². The average molecular weight is 243 g/mol. The van der Waals surface area contributed by atoms with Crippen molar-refractivity contribution in [2.24, 2.45) is 0 Å². The van der Waals surface area contributed by atoms with Crippen LogP contribution in [0.5, 0.6) is 0 Å². The van der Waals surface area contributed by atoms with Gasteiger partial charge in [-0.15, -0.1) is 0 Å². The zero-order chi connectivity index (χ0) is 12.5. The molecule has 0 bridgehead atoms. The first-order valence-corrected chi connectivity index (χ1v) is 7.00. The normalized spacial score (nSPS) is 18.1. The van der Waals surface area contributed by atoms with Crippen LogP contribution in [0.25, 0.3) is 5.65 Å². The molecule has 0 aromatic carbocycles. The minimum Gasteiger partial charge on any atom is -0.383 e. The Bertz CT molecular complexity index is 548. The van der Waals surface area contributed by atoms with Crippen LogP contribution in [0.1, 0.15) is 55.7 Å². The first-order chi connectivity index (χ1) is 8.75. The molecule has 1 fully saturated rings. The second kappa shape index (κ2) is 4.63. The van der Waals surface area contributed by atoms with E-state index in [1.54, 1.807) is 0 Å². The number of hydrogen-bond donors (Lipinski definition) is 1. The predicted molar refractivity (Wildman–Crippen MR) is 74.8 cm³/mol. The van der Waals surface area contributed by atoms with Gasteiger partial charge in [-0.3, -0.25) is 4.40 Å². The molecule has 0 aliphatic heterocycles. The summed E-state index contributed by atoms with van der Waals surface area (Å²) in [5.74, 6) is 1.41. The zero-order valence-corrected chi connectivity index (χ0v) is 11.0. The number of aromatic nitrogens is 2. The minimum atomic E-state index is 0.563. The van der Waals surface area contributed by atoms with Crippen molar-refractivity contribution >= 4 is 11.5 Å². The quantitative estimate of drug-likeness (QED) is 0.777. The number of imidazole rings is 1. The maximum absolute atomic E-state index is 6.27. The van der Waals surface area contributed by atoms with Crippen LogP contribution < -0.4 is 5.73 Å². The van der Waals surface area contributed by atoms with Crippen molar-refractivity contribution in [2.75, 3.05) is 5.73 Å². The van der Waals surface area contributed by atoms with E-state index in [2.05, 4.69) is 19.1 Å². The summed E-state index contributed by atoms with van der Waals surface area (Å²) in [6, 6.07) is 4.19. The first-order valence-electron chi connectivity index (χ1n) is 7.00. The molecule has 1 aliphatic rings. The highest BCUT2D eigenvalue weighted by Gasteiger charge is 2.20. The molecule has 2 heterocycles. The zero-order valence-electron chi connectivity index (χ0n) is 11.0. The second-order valence-electron chi connectivity index (χ2n) is 5.50. The molecule has 2 aromatic heterocycles. The highest BCUT2D eigenvalue weighted by Crippen LogP contribution is 2.34. The molecule has 0 saturated heterocycles. The second-order valence-corrected chi connectivity index (χ2v) is 5.50. The molecule has 96 valence electrons. The average Bonchev–Trinajstić information content (AvgIpc) is 2.57. The first kappa shape index (κ1) is 11.6. The van der Waals surface area contributed by atoms with Crippen molar-refractivity contribution < 1.29 is 0 Å². The lowest BCUT2D eigenvalue weighted by Crippen LogP contribution is -2.02. The van der Waals surface area contributed by atoms with Gasteiger partial charge in [0.25, 0.3) is 0 Å². The van der Waals surface area contributed by atoms with Gasteiger partial charge in [0.1, 0.15) is 11.5 Å². The molecule has 3 nitrogen and oxygen atoms in total. The summed E-state index contributed by atoms with van der Waals surface area (Å²) < 4.78 is 2.02. The van der Waals surface area contributed by atoms with Crippen molar-refractivity contribution in [3.63, 3.8) is 0 Å². The summed E-state index contributed by atoms with van der Waals surface area (Å²) in [6.45, 7) is 2.09. The molecule has 0 atom stereocenters. The highest BCUT2D eigenvalue weighted by atomic mass is 15.1. The van der Waals surface area contributed by atoms with E-state index in [1.165, 1.54) is 44.1 Å². The topological polar surface area (TPSA) is 43.3 Å². The summed E-state index contributed by atoms with van der Waals surface area (Å²) in [5.41, 5.74) is 9.63. The molecule has 0 spiro atoms. The van der Waals surface area contributed by atoms with Gasteiger partial charge in [0.2, 0.25) is 0 Å². The van der Waals surface area contributed by atoms with Crippen molar-refractivity contribution in [3.8, 4) is 0 Å². The standard InChI is InChI=1S/C15H21N3/c1-11-8-9-18-13(10-11)17-14(15(18)16)12-6-4-2-3-5-7-12/h8-10,12H,2-7,16H2,1H3. The Morgan fingerprint density at radius 1 is 1.22 bits per heavy atom. The third-order valence-corrected chi connectivity index (χ3v) is 4.09. The van der Waals surface area contributed by atoms with E-state index in [0.29, 0.717) is 5.92 Å². The van der Waals surface area contributed by atoms with Crippen molar-refractivity contribution in [1.29, 1.82) is 0 Å². The van der Waals surface area contributed by atoms with E-state index in [1.807, 2.05) is 10.6 Å². The van der Waals surface area contributed by atoms with Crippen LogP contribution in [-0.4, -0.2) is 9.38 Å². The van der Waals surface area contributed by atoms with Gasteiger partial charge in [0.05, 0.1) is 5.69 Å². The third-order valence-electron chi connectivity index (χ3n) is 4.09. The van der Waals surface area contributed by atoms with Gasteiger partial charge >= 0.3 is 0 Å². The lowest BCUT2D eigenvalue weighted by Gasteiger charge is -2.11. The number of nitrogens with two attached hydrogens (primary N) is 1. The predicted octanol–water partition coefficient (Wildman–Crippen LogP) is 3.66. The van der Waals surface area contributed by atoms with Crippen LogP contribution in [0.15, 0.2) is 18.3 Å². The number of nitrogens with zero attached hydrogens (tertiary/aromatic N) is 2. The Morgan fingerprint density at radius 2 is 1.94 bits per heavy atom. The number of hydrogen-bond acceptors (Lipinski definition) is 2. The van der Waals surface area contributed by atoms with E-state index in [0.717, 1.165) is 17.2 Å². The Labute approximate surface area is 108 Å². The van der Waals surface area contributed by atoms with Crippen molar-refractivity contribution in [2.45, 2.75) is 51.4 Å². The Balaban J connectivity index is 2.02. The van der Waals surface area contributed by atoms with Gasteiger partial charge in [-0.05, 0) is 37.5 Å². The molecule has 18 heavy (non-hydrogen) atoms. The van der Waals surface area contributed by atoms with Crippen molar-refractivity contribution in [1.82, 2.24) is 9.38 Å². The Morgan fingerprint density at radius 3 is 2.67 bits per heavy atom. The number of aryl methyl sites for hydroxylation is 1. The molecule has 3 rings (SSSR count). The number of pyridine rings is 1. The molecule has 0 radical (unpaired) electrons. The van der Waals surface area contributed by atoms with E-state index < -0.39 is 0 Å². The molecule has 1 saturated carbocycles. The van der Waals surface area contributed by atoms with Crippen molar-refractivity contribution in [3.05, 3.63) is 29.6 Å². The Hall–Kier alpha value is -1.51. The summed E-state index contributed by atoms with van der Waals surface area (Å²) in [5, 5.41) is 0. The number of rotatable bonds is 1. The maximum atomic E-state index is 6.27. The molecule has 1 aliphatic carbocycles. The van der Waals surface area contributed by atoms with Crippen LogP contribution >= 0.6 is 0 Å². The SMILES string of the molecule is Cc1ccn2c(N)c(C3CCCCCC3)nc2c1. The van der Waals surface area contributed by atoms with Gasteiger partial charge in [0.15, 0.2) is 0 Å². The van der Waals surface area contributed by atoms with E-state index >= 15 is 0 Å². The summed E-state index contributed by atoms with van der Waals surface area (Å²) in [6.07, 6.45) is 9.88. The third kappa shape index (κ3) is 1.98. The minimum absolute atomic E-state index is 0.563. The van der Waals surface area contributed by atoms with Gasteiger partial charge in [0, 0.05) is 12.1 Å². The highest BCUT2D eigenvalue weighted by molar-refractivity contribution is 5.54. The van der Waals surface area contributed by atoms with Gasteiger partial charge < -0.3 is 5.73 Å². The lowest BCUT2D eigenvalue weighted by molar-refractivity contribution is 0.582. The fraction of sp³-hybridized carbons (Fsp3) is 0.533. The van der Waals surface area contributed by atoms with Crippen LogP contribution in [0, 0.1) is 6.92 Å². The fourth-order valence-corrected chi connectivity index (χ4v) is 3.04. The number of nitrogen functional groups attached to an aromatic ring is 1. The molecular formula is C15H21N3. The Kier molecular flexibility index (Phi) is 2.98. The van der Waals surface area contributed by atoms with Crippen LogP contribution in [-0.2, 0) is 0 Å². The monoisotopic (exact) mass is 243 g/mol. The molecule has 0 amide bonds. The number of anilines is 1.